The van der Waals surface area contributed by atoms with Crippen LogP contribution in [0.3, 0.4) is 0 Å². The van der Waals surface area contributed by atoms with Crippen molar-refractivity contribution in [1.29, 1.82) is 0 Å². The fourth-order valence-corrected chi connectivity index (χ4v) is 2.47. The molecule has 1 saturated heterocycles. The lowest BCUT2D eigenvalue weighted by molar-refractivity contribution is -0.129. The summed E-state index contributed by atoms with van der Waals surface area (Å²) in [5.74, 6) is 0.787. The van der Waals surface area contributed by atoms with Gasteiger partial charge in [0, 0.05) is 19.2 Å². The molecule has 0 radical (unpaired) electrons. The van der Waals surface area contributed by atoms with Gasteiger partial charge in [0.2, 0.25) is 5.91 Å². The van der Waals surface area contributed by atoms with E-state index in [9.17, 15) is 4.79 Å². The number of halogens is 1. The van der Waals surface area contributed by atoms with Crippen LogP contribution in [0.15, 0.2) is 18.3 Å². The topological polar surface area (TPSA) is 25.2 Å². The summed E-state index contributed by atoms with van der Waals surface area (Å²) in [7, 11) is 0. The predicted octanol–water partition coefficient (Wildman–Crippen LogP) is 2.75. The Bertz CT molecular complexity index is 375. The second-order valence-corrected chi connectivity index (χ2v) is 4.80. The van der Waals surface area contributed by atoms with Gasteiger partial charge in [-0.3, -0.25) is 4.79 Å². The van der Waals surface area contributed by atoms with Gasteiger partial charge in [-0.15, -0.1) is 0 Å². The van der Waals surface area contributed by atoms with Gasteiger partial charge in [-0.25, -0.2) is 0 Å². The Balaban J connectivity index is 1.96. The average Bonchev–Trinajstić information content (AvgIpc) is 2.77. The second-order valence-electron chi connectivity index (χ2n) is 4.42. The molecule has 1 amide bonds. The first-order valence-corrected chi connectivity index (χ1v) is 6.17. The minimum atomic E-state index is 0.253. The van der Waals surface area contributed by atoms with Crippen LogP contribution in [0.4, 0.5) is 0 Å². The zero-order chi connectivity index (χ0) is 11.5. The van der Waals surface area contributed by atoms with E-state index >= 15 is 0 Å². The summed E-state index contributed by atoms with van der Waals surface area (Å²) in [4.78, 5) is 13.7. The van der Waals surface area contributed by atoms with Crippen molar-refractivity contribution >= 4 is 17.5 Å². The summed E-state index contributed by atoms with van der Waals surface area (Å²) < 4.78 is 1.90. The Hall–Kier alpha value is -0.960. The van der Waals surface area contributed by atoms with Crippen molar-refractivity contribution < 1.29 is 4.79 Å². The van der Waals surface area contributed by atoms with Crippen molar-refractivity contribution in [2.75, 3.05) is 6.54 Å². The van der Waals surface area contributed by atoms with Gasteiger partial charge in [0.25, 0.3) is 0 Å². The molecule has 1 aromatic rings. The normalized spacial score (nSPS) is 20.8. The summed E-state index contributed by atoms with van der Waals surface area (Å²) in [6, 6.07) is 3.73. The molecule has 2 rings (SSSR count). The third-order valence-corrected chi connectivity index (χ3v) is 3.43. The van der Waals surface area contributed by atoms with E-state index in [2.05, 4.69) is 6.92 Å². The Morgan fingerprint density at radius 2 is 2.38 bits per heavy atom. The summed E-state index contributed by atoms with van der Waals surface area (Å²) >= 11 is 5.99. The van der Waals surface area contributed by atoms with Crippen LogP contribution in [0.25, 0.3) is 0 Å². The number of hydrogen-bond acceptors (Lipinski definition) is 1. The molecule has 0 aromatic carbocycles. The van der Waals surface area contributed by atoms with Crippen LogP contribution in [-0.4, -0.2) is 21.9 Å². The lowest BCUT2D eigenvalue weighted by Crippen LogP contribution is -2.27. The van der Waals surface area contributed by atoms with Crippen molar-refractivity contribution in [2.45, 2.75) is 32.9 Å². The number of rotatable bonds is 4. The molecule has 1 aliphatic heterocycles. The summed E-state index contributed by atoms with van der Waals surface area (Å²) in [5, 5.41) is 0.687. The molecule has 0 bridgehead atoms. The molecule has 1 atom stereocenters. The molecule has 1 aromatic heterocycles. The van der Waals surface area contributed by atoms with E-state index in [1.807, 2.05) is 27.8 Å². The molecule has 88 valence electrons. The third kappa shape index (κ3) is 2.40. The van der Waals surface area contributed by atoms with E-state index in [-0.39, 0.29) is 5.91 Å². The fourth-order valence-electron chi connectivity index (χ4n) is 2.28. The lowest BCUT2D eigenvalue weighted by Gasteiger charge is -2.18. The molecular weight excluding hydrogens is 224 g/mol. The monoisotopic (exact) mass is 240 g/mol. The maximum absolute atomic E-state index is 11.8. The SMILES string of the molecule is CCCC1CC(=O)N(Cn2cccc2Cl)C1. The largest absolute Gasteiger partial charge is 0.324 e. The number of hydrogen-bond donors (Lipinski definition) is 0. The van der Waals surface area contributed by atoms with E-state index < -0.39 is 0 Å². The molecule has 0 saturated carbocycles. The Labute approximate surface area is 101 Å². The molecule has 0 aliphatic carbocycles. The molecule has 4 heteroatoms. The minimum Gasteiger partial charge on any atom is -0.324 e. The lowest BCUT2D eigenvalue weighted by atomic mass is 10.0. The van der Waals surface area contributed by atoms with Crippen molar-refractivity contribution in [1.82, 2.24) is 9.47 Å². The standard InChI is InChI=1S/C12H17ClN2O/c1-2-4-10-7-12(16)15(8-10)9-14-6-3-5-11(14)13/h3,5-6,10H,2,4,7-9H2,1H3. The van der Waals surface area contributed by atoms with Crippen molar-refractivity contribution in [3.63, 3.8) is 0 Å². The highest BCUT2D eigenvalue weighted by atomic mass is 35.5. The Morgan fingerprint density at radius 3 is 3.00 bits per heavy atom. The maximum Gasteiger partial charge on any atom is 0.224 e. The molecule has 1 unspecified atom stereocenters. The van der Waals surface area contributed by atoms with Crippen LogP contribution in [0.5, 0.6) is 0 Å². The first-order chi connectivity index (χ1) is 7.70. The molecular formula is C12H17ClN2O. The van der Waals surface area contributed by atoms with Gasteiger partial charge in [0.1, 0.15) is 5.15 Å². The number of aromatic nitrogens is 1. The smallest absolute Gasteiger partial charge is 0.224 e. The summed E-state index contributed by atoms with van der Waals surface area (Å²) in [5.41, 5.74) is 0. The quantitative estimate of drug-likeness (QED) is 0.795. The highest BCUT2D eigenvalue weighted by Crippen LogP contribution is 2.23. The first-order valence-electron chi connectivity index (χ1n) is 5.79. The summed E-state index contributed by atoms with van der Waals surface area (Å²) in [6.07, 6.45) is 4.90. The van der Waals surface area contributed by atoms with E-state index in [1.54, 1.807) is 0 Å². The van der Waals surface area contributed by atoms with E-state index in [0.717, 1.165) is 19.4 Å². The molecule has 3 nitrogen and oxygen atoms in total. The number of likely N-dealkylation sites (tertiary alicyclic amines) is 1. The second kappa shape index (κ2) is 4.91. The highest BCUT2D eigenvalue weighted by Gasteiger charge is 2.28. The van der Waals surface area contributed by atoms with Gasteiger partial charge in [-0.2, -0.15) is 0 Å². The van der Waals surface area contributed by atoms with Crippen LogP contribution in [0.1, 0.15) is 26.2 Å². The van der Waals surface area contributed by atoms with Crippen LogP contribution in [0, 0.1) is 5.92 Å². The predicted molar refractivity (Wildman–Crippen MR) is 64.2 cm³/mol. The van der Waals surface area contributed by atoms with Gasteiger partial charge in [0.15, 0.2) is 0 Å². The Morgan fingerprint density at radius 1 is 1.56 bits per heavy atom. The fraction of sp³-hybridized carbons (Fsp3) is 0.583. The zero-order valence-corrected chi connectivity index (χ0v) is 10.3. The van der Waals surface area contributed by atoms with Gasteiger partial charge in [-0.05, 0) is 24.5 Å². The zero-order valence-electron chi connectivity index (χ0n) is 9.53. The number of carbonyl (C=O) groups is 1. The van der Waals surface area contributed by atoms with Gasteiger partial charge < -0.3 is 9.47 Å². The molecule has 2 heterocycles. The Kier molecular flexibility index (Phi) is 3.54. The molecule has 16 heavy (non-hydrogen) atoms. The van der Waals surface area contributed by atoms with Crippen LogP contribution >= 0.6 is 11.6 Å². The van der Waals surface area contributed by atoms with Crippen molar-refractivity contribution in [2.24, 2.45) is 5.92 Å². The van der Waals surface area contributed by atoms with Crippen LogP contribution < -0.4 is 0 Å². The minimum absolute atomic E-state index is 0.253. The number of nitrogens with zero attached hydrogens (tertiary/aromatic N) is 2. The number of amides is 1. The van der Waals surface area contributed by atoms with Crippen LogP contribution in [0.2, 0.25) is 5.15 Å². The van der Waals surface area contributed by atoms with Crippen molar-refractivity contribution in [3.8, 4) is 0 Å². The number of carbonyl (C=O) groups excluding carboxylic acids is 1. The van der Waals surface area contributed by atoms with Crippen LogP contribution in [-0.2, 0) is 11.5 Å². The first kappa shape index (κ1) is 11.5. The third-order valence-electron chi connectivity index (χ3n) is 3.09. The molecule has 0 spiro atoms. The van der Waals surface area contributed by atoms with E-state index in [4.69, 9.17) is 11.6 Å². The van der Waals surface area contributed by atoms with Crippen molar-refractivity contribution in [3.05, 3.63) is 23.5 Å². The van der Waals surface area contributed by atoms with Gasteiger partial charge >= 0.3 is 0 Å². The maximum atomic E-state index is 11.8. The summed E-state index contributed by atoms with van der Waals surface area (Å²) in [6.45, 7) is 3.63. The van der Waals surface area contributed by atoms with Gasteiger partial charge in [-0.1, -0.05) is 24.9 Å². The highest BCUT2D eigenvalue weighted by molar-refractivity contribution is 6.29. The average molecular weight is 241 g/mol. The van der Waals surface area contributed by atoms with Gasteiger partial charge in [0.05, 0.1) is 6.67 Å². The molecule has 0 N–H and O–H groups in total. The van der Waals surface area contributed by atoms with E-state index in [1.165, 1.54) is 0 Å². The molecule has 1 fully saturated rings. The van der Waals surface area contributed by atoms with E-state index in [0.29, 0.717) is 24.2 Å². The molecule has 1 aliphatic rings.